The van der Waals surface area contributed by atoms with Gasteiger partial charge in [0.05, 0.1) is 10.4 Å². The molecule has 0 bridgehead atoms. The molecule has 2 saturated heterocycles. The lowest BCUT2D eigenvalue weighted by molar-refractivity contribution is -0.136. The molecule has 2 fully saturated rings. The number of piperidine rings is 2. The first-order chi connectivity index (χ1) is 10.2. The normalized spacial score (nSPS) is 23.2. The summed E-state index contributed by atoms with van der Waals surface area (Å²) >= 11 is 3.35. The number of nitrogens with zero attached hydrogens (tertiary/aromatic N) is 4. The number of hydrogen-bond donors (Lipinski definition) is 0. The van der Waals surface area contributed by atoms with Gasteiger partial charge in [0.25, 0.3) is 0 Å². The van der Waals surface area contributed by atoms with Crippen molar-refractivity contribution in [3.05, 3.63) is 16.9 Å². The molecule has 0 aliphatic carbocycles. The average molecular weight is 353 g/mol. The molecule has 1 atom stereocenters. The Bertz CT molecular complexity index is 487. The highest BCUT2D eigenvalue weighted by Gasteiger charge is 2.30. The summed E-state index contributed by atoms with van der Waals surface area (Å²) in [7, 11) is 0. The van der Waals surface area contributed by atoms with Gasteiger partial charge in [-0.1, -0.05) is 0 Å². The Morgan fingerprint density at radius 3 is 2.52 bits per heavy atom. The van der Waals surface area contributed by atoms with Gasteiger partial charge in [0.1, 0.15) is 0 Å². The predicted molar refractivity (Wildman–Crippen MR) is 85.1 cm³/mol. The Morgan fingerprint density at radius 1 is 1.10 bits per heavy atom. The molecule has 5 nitrogen and oxygen atoms in total. The van der Waals surface area contributed by atoms with Crippen LogP contribution in [0.15, 0.2) is 16.9 Å². The molecule has 1 amide bonds. The molecule has 0 N–H and O–H groups in total. The first kappa shape index (κ1) is 14.8. The van der Waals surface area contributed by atoms with E-state index in [-0.39, 0.29) is 5.92 Å². The van der Waals surface area contributed by atoms with Crippen molar-refractivity contribution >= 4 is 27.8 Å². The number of carbonyl (C=O) groups excluding carboxylic acids is 1. The van der Waals surface area contributed by atoms with Crippen LogP contribution >= 0.6 is 15.9 Å². The highest BCUT2D eigenvalue weighted by Crippen LogP contribution is 2.23. The Kier molecular flexibility index (Phi) is 4.73. The van der Waals surface area contributed by atoms with Crippen molar-refractivity contribution in [2.45, 2.75) is 32.1 Å². The van der Waals surface area contributed by atoms with Crippen LogP contribution in [0.2, 0.25) is 0 Å². The molecule has 6 heteroatoms. The first-order valence-electron chi connectivity index (χ1n) is 7.75. The van der Waals surface area contributed by atoms with E-state index >= 15 is 0 Å². The summed E-state index contributed by atoms with van der Waals surface area (Å²) in [5, 5.41) is 0. The number of halogens is 1. The maximum atomic E-state index is 12.6. The zero-order chi connectivity index (χ0) is 14.7. The van der Waals surface area contributed by atoms with Gasteiger partial charge in [-0.2, -0.15) is 0 Å². The maximum absolute atomic E-state index is 12.6. The minimum Gasteiger partial charge on any atom is -0.342 e. The summed E-state index contributed by atoms with van der Waals surface area (Å²) in [4.78, 5) is 25.5. The van der Waals surface area contributed by atoms with E-state index in [4.69, 9.17) is 0 Å². The van der Waals surface area contributed by atoms with Crippen LogP contribution in [0, 0.1) is 5.92 Å². The van der Waals surface area contributed by atoms with E-state index in [0.29, 0.717) is 5.91 Å². The van der Waals surface area contributed by atoms with Gasteiger partial charge in [0.15, 0.2) is 0 Å². The topological polar surface area (TPSA) is 49.3 Å². The molecule has 1 aromatic rings. The molecule has 21 heavy (non-hydrogen) atoms. The lowest BCUT2D eigenvalue weighted by Gasteiger charge is -2.36. The molecular weight excluding hydrogens is 332 g/mol. The zero-order valence-electron chi connectivity index (χ0n) is 12.2. The summed E-state index contributed by atoms with van der Waals surface area (Å²) < 4.78 is 0.879. The molecule has 0 radical (unpaired) electrons. The van der Waals surface area contributed by atoms with E-state index in [9.17, 15) is 4.79 Å². The molecule has 3 heterocycles. The third-order valence-electron chi connectivity index (χ3n) is 4.33. The Morgan fingerprint density at radius 2 is 1.81 bits per heavy atom. The van der Waals surface area contributed by atoms with Crippen LogP contribution in [0.5, 0.6) is 0 Å². The van der Waals surface area contributed by atoms with Crippen molar-refractivity contribution < 1.29 is 4.79 Å². The lowest BCUT2D eigenvalue weighted by Crippen LogP contribution is -2.46. The SMILES string of the molecule is O=C(C1CCCN(c2ncc(Br)cn2)C1)N1CCCCC1. The van der Waals surface area contributed by atoms with Crippen molar-refractivity contribution in [2.75, 3.05) is 31.1 Å². The molecule has 1 aromatic heterocycles. The minimum atomic E-state index is 0.101. The number of aromatic nitrogens is 2. The van der Waals surface area contributed by atoms with Crippen molar-refractivity contribution in [3.63, 3.8) is 0 Å². The van der Waals surface area contributed by atoms with E-state index in [0.717, 1.165) is 62.3 Å². The monoisotopic (exact) mass is 352 g/mol. The van der Waals surface area contributed by atoms with Crippen LogP contribution in [0.25, 0.3) is 0 Å². The van der Waals surface area contributed by atoms with E-state index in [1.807, 2.05) is 0 Å². The van der Waals surface area contributed by atoms with E-state index < -0.39 is 0 Å². The molecule has 0 saturated carbocycles. The minimum absolute atomic E-state index is 0.101. The summed E-state index contributed by atoms with van der Waals surface area (Å²) in [6.45, 7) is 3.55. The molecule has 2 aliphatic rings. The largest absolute Gasteiger partial charge is 0.342 e. The van der Waals surface area contributed by atoms with E-state index in [1.54, 1.807) is 12.4 Å². The fraction of sp³-hybridized carbons (Fsp3) is 0.667. The lowest BCUT2D eigenvalue weighted by atomic mass is 9.95. The van der Waals surface area contributed by atoms with Crippen LogP contribution in [-0.2, 0) is 4.79 Å². The van der Waals surface area contributed by atoms with Crippen LogP contribution in [0.1, 0.15) is 32.1 Å². The molecule has 0 spiro atoms. The number of hydrogen-bond acceptors (Lipinski definition) is 4. The quantitative estimate of drug-likeness (QED) is 0.820. The van der Waals surface area contributed by atoms with Gasteiger partial charge in [-0.05, 0) is 48.0 Å². The number of rotatable bonds is 2. The number of anilines is 1. The van der Waals surface area contributed by atoms with Gasteiger partial charge in [-0.15, -0.1) is 0 Å². The second-order valence-electron chi connectivity index (χ2n) is 5.87. The summed E-state index contributed by atoms with van der Waals surface area (Å²) in [6.07, 6.45) is 9.10. The molecule has 2 aliphatic heterocycles. The van der Waals surface area contributed by atoms with Crippen LogP contribution in [-0.4, -0.2) is 47.0 Å². The third kappa shape index (κ3) is 3.54. The fourth-order valence-electron chi connectivity index (χ4n) is 3.20. The average Bonchev–Trinajstić information content (AvgIpc) is 2.56. The Labute approximate surface area is 133 Å². The van der Waals surface area contributed by atoms with Gasteiger partial charge >= 0.3 is 0 Å². The fourth-order valence-corrected chi connectivity index (χ4v) is 3.41. The summed E-state index contributed by atoms with van der Waals surface area (Å²) in [5.74, 6) is 1.16. The summed E-state index contributed by atoms with van der Waals surface area (Å²) in [5.41, 5.74) is 0. The first-order valence-corrected chi connectivity index (χ1v) is 8.54. The van der Waals surface area contributed by atoms with Gasteiger partial charge in [-0.3, -0.25) is 4.79 Å². The van der Waals surface area contributed by atoms with E-state index in [2.05, 4.69) is 35.7 Å². The van der Waals surface area contributed by atoms with Crippen LogP contribution in [0.3, 0.4) is 0 Å². The number of carbonyl (C=O) groups is 1. The van der Waals surface area contributed by atoms with Gasteiger partial charge < -0.3 is 9.80 Å². The second kappa shape index (κ2) is 6.73. The maximum Gasteiger partial charge on any atom is 0.227 e. The molecular formula is C15H21BrN4O. The van der Waals surface area contributed by atoms with Crippen molar-refractivity contribution in [1.82, 2.24) is 14.9 Å². The van der Waals surface area contributed by atoms with Crippen LogP contribution < -0.4 is 4.90 Å². The van der Waals surface area contributed by atoms with Gasteiger partial charge in [-0.25, -0.2) is 9.97 Å². The molecule has 0 aromatic carbocycles. The van der Waals surface area contributed by atoms with Crippen LogP contribution in [0.4, 0.5) is 5.95 Å². The smallest absolute Gasteiger partial charge is 0.227 e. The predicted octanol–water partition coefficient (Wildman–Crippen LogP) is 2.47. The molecule has 3 rings (SSSR count). The van der Waals surface area contributed by atoms with Crippen molar-refractivity contribution in [1.29, 1.82) is 0 Å². The highest BCUT2D eigenvalue weighted by atomic mass is 79.9. The van der Waals surface area contributed by atoms with E-state index in [1.165, 1.54) is 6.42 Å². The van der Waals surface area contributed by atoms with Crippen molar-refractivity contribution in [2.24, 2.45) is 5.92 Å². The van der Waals surface area contributed by atoms with Gasteiger partial charge in [0.2, 0.25) is 11.9 Å². The van der Waals surface area contributed by atoms with Crippen molar-refractivity contribution in [3.8, 4) is 0 Å². The Balaban J connectivity index is 1.64. The highest BCUT2D eigenvalue weighted by molar-refractivity contribution is 9.10. The number of amides is 1. The molecule has 114 valence electrons. The second-order valence-corrected chi connectivity index (χ2v) is 6.79. The standard InChI is InChI=1S/C15H21BrN4O/c16-13-9-17-15(18-10-13)20-8-4-5-12(11-20)14(21)19-6-2-1-3-7-19/h9-10,12H,1-8,11H2. The zero-order valence-corrected chi connectivity index (χ0v) is 13.8. The van der Waals surface area contributed by atoms with Gasteiger partial charge in [0, 0.05) is 38.6 Å². The Hall–Kier alpha value is -1.17. The number of likely N-dealkylation sites (tertiary alicyclic amines) is 1. The summed E-state index contributed by atoms with van der Waals surface area (Å²) in [6, 6.07) is 0. The molecule has 1 unspecified atom stereocenters. The third-order valence-corrected chi connectivity index (χ3v) is 4.74.